The Balaban J connectivity index is 3.33. The number of rotatable bonds is 9. The van der Waals surface area contributed by atoms with Gasteiger partial charge in [0.15, 0.2) is 5.92 Å². The fourth-order valence-electron chi connectivity index (χ4n) is 2.30. The molecule has 2 unspecified atom stereocenters. The van der Waals surface area contributed by atoms with Crippen molar-refractivity contribution in [2.24, 2.45) is 5.92 Å². The first-order chi connectivity index (χ1) is 11.8. The van der Waals surface area contributed by atoms with Crippen molar-refractivity contribution in [3.05, 3.63) is 45.5 Å². The maximum Gasteiger partial charge on any atom is 0.321 e. The smallest absolute Gasteiger partial charge is 0.321 e. The number of esters is 2. The van der Waals surface area contributed by atoms with Crippen LogP contribution in [0.3, 0.4) is 0 Å². The van der Waals surface area contributed by atoms with Crippen LogP contribution in [0.1, 0.15) is 31.7 Å². The van der Waals surface area contributed by atoms with E-state index < -0.39 is 46.9 Å². The Morgan fingerprint density at radius 2 is 1.68 bits per heavy atom. The highest BCUT2D eigenvalue weighted by atomic mass is 19.1. The maximum absolute atomic E-state index is 13.5. The lowest BCUT2D eigenvalue weighted by molar-refractivity contribution is -0.484. The molecule has 0 saturated heterocycles. The van der Waals surface area contributed by atoms with E-state index in [2.05, 4.69) is 0 Å². The SMILES string of the molecule is CCCOC(=O)C(C(=O)OCC)C(C[N+](=O)[O-])c1cc(F)cc(F)c1. The molecule has 0 amide bonds. The summed E-state index contributed by atoms with van der Waals surface area (Å²) in [5, 5.41) is 11.0. The third-order valence-corrected chi connectivity index (χ3v) is 3.30. The molecular formula is C16H19F2NO6. The van der Waals surface area contributed by atoms with Gasteiger partial charge in [0, 0.05) is 11.0 Å². The second-order valence-electron chi connectivity index (χ2n) is 5.22. The second kappa shape index (κ2) is 9.65. The zero-order valence-electron chi connectivity index (χ0n) is 13.9. The molecule has 0 saturated carbocycles. The van der Waals surface area contributed by atoms with Gasteiger partial charge in [0.2, 0.25) is 6.54 Å². The molecule has 7 nitrogen and oxygen atoms in total. The van der Waals surface area contributed by atoms with Crippen molar-refractivity contribution in [3.8, 4) is 0 Å². The molecule has 1 aromatic carbocycles. The minimum atomic E-state index is -1.70. The van der Waals surface area contributed by atoms with Crippen LogP contribution in [0.5, 0.6) is 0 Å². The van der Waals surface area contributed by atoms with Crippen LogP contribution >= 0.6 is 0 Å². The molecule has 0 aliphatic rings. The van der Waals surface area contributed by atoms with Crippen LogP contribution in [-0.4, -0.2) is 36.6 Å². The molecule has 138 valence electrons. The van der Waals surface area contributed by atoms with E-state index >= 15 is 0 Å². The predicted molar refractivity (Wildman–Crippen MR) is 82.3 cm³/mol. The first kappa shape index (κ1) is 20.5. The van der Waals surface area contributed by atoms with Crippen LogP contribution in [0, 0.1) is 27.7 Å². The second-order valence-corrected chi connectivity index (χ2v) is 5.22. The molecule has 0 aliphatic heterocycles. The predicted octanol–water partition coefficient (Wildman–Crippen LogP) is 2.46. The van der Waals surface area contributed by atoms with Crippen molar-refractivity contribution in [2.45, 2.75) is 26.2 Å². The summed E-state index contributed by atoms with van der Waals surface area (Å²) in [5.74, 6) is -7.15. The van der Waals surface area contributed by atoms with Gasteiger partial charge in [-0.1, -0.05) is 6.92 Å². The summed E-state index contributed by atoms with van der Waals surface area (Å²) in [4.78, 5) is 34.6. The van der Waals surface area contributed by atoms with Crippen LogP contribution < -0.4 is 0 Å². The van der Waals surface area contributed by atoms with Gasteiger partial charge in [0.1, 0.15) is 11.6 Å². The monoisotopic (exact) mass is 359 g/mol. The molecule has 0 fully saturated rings. The molecule has 9 heteroatoms. The molecule has 0 spiro atoms. The van der Waals surface area contributed by atoms with E-state index in [4.69, 9.17) is 9.47 Å². The van der Waals surface area contributed by atoms with Gasteiger partial charge >= 0.3 is 11.9 Å². The van der Waals surface area contributed by atoms with Crippen molar-refractivity contribution in [1.29, 1.82) is 0 Å². The normalized spacial score (nSPS) is 13.0. The Hall–Kier alpha value is -2.58. The molecule has 0 aliphatic carbocycles. The van der Waals surface area contributed by atoms with Crippen molar-refractivity contribution in [1.82, 2.24) is 0 Å². The van der Waals surface area contributed by atoms with Gasteiger partial charge in [0.25, 0.3) is 0 Å². The molecule has 2 atom stereocenters. The summed E-state index contributed by atoms with van der Waals surface area (Å²) < 4.78 is 36.7. The van der Waals surface area contributed by atoms with Crippen LogP contribution in [-0.2, 0) is 19.1 Å². The third-order valence-electron chi connectivity index (χ3n) is 3.30. The molecule has 0 radical (unpaired) electrons. The first-order valence-corrected chi connectivity index (χ1v) is 7.71. The molecule has 25 heavy (non-hydrogen) atoms. The highest BCUT2D eigenvalue weighted by molar-refractivity contribution is 5.96. The zero-order valence-corrected chi connectivity index (χ0v) is 13.9. The van der Waals surface area contributed by atoms with E-state index in [1.807, 2.05) is 0 Å². The summed E-state index contributed by atoms with van der Waals surface area (Å²) >= 11 is 0. The molecule has 0 N–H and O–H groups in total. The largest absolute Gasteiger partial charge is 0.465 e. The van der Waals surface area contributed by atoms with Gasteiger partial charge in [-0.15, -0.1) is 0 Å². The molecule has 0 bridgehead atoms. The summed E-state index contributed by atoms with van der Waals surface area (Å²) in [5.41, 5.74) is -0.194. The van der Waals surface area contributed by atoms with Gasteiger partial charge in [-0.25, -0.2) is 8.78 Å². The number of nitrogens with zero attached hydrogens (tertiary/aromatic N) is 1. The molecular weight excluding hydrogens is 340 g/mol. The average Bonchev–Trinajstić information content (AvgIpc) is 2.51. The lowest BCUT2D eigenvalue weighted by Crippen LogP contribution is -2.36. The lowest BCUT2D eigenvalue weighted by Gasteiger charge is -2.22. The average molecular weight is 359 g/mol. The summed E-state index contributed by atoms with van der Waals surface area (Å²) in [6.07, 6.45) is 0.468. The Kier molecular flexibility index (Phi) is 7.90. The summed E-state index contributed by atoms with van der Waals surface area (Å²) in [6.45, 7) is 2.25. The van der Waals surface area contributed by atoms with Gasteiger partial charge in [-0.3, -0.25) is 19.7 Å². The van der Waals surface area contributed by atoms with E-state index in [1.54, 1.807) is 6.92 Å². The van der Waals surface area contributed by atoms with Gasteiger partial charge in [-0.2, -0.15) is 0 Å². The Morgan fingerprint density at radius 1 is 1.12 bits per heavy atom. The Morgan fingerprint density at radius 3 is 2.16 bits per heavy atom. The number of hydrogen-bond donors (Lipinski definition) is 0. The van der Waals surface area contributed by atoms with E-state index in [-0.39, 0.29) is 18.8 Å². The van der Waals surface area contributed by atoms with Crippen LogP contribution in [0.25, 0.3) is 0 Å². The quantitative estimate of drug-likeness (QED) is 0.291. The Bertz CT molecular complexity index is 617. The maximum atomic E-state index is 13.5. The number of benzene rings is 1. The van der Waals surface area contributed by atoms with Gasteiger partial charge < -0.3 is 9.47 Å². The third kappa shape index (κ3) is 6.09. The fraction of sp³-hybridized carbons (Fsp3) is 0.500. The zero-order chi connectivity index (χ0) is 19.0. The topological polar surface area (TPSA) is 95.7 Å². The summed E-state index contributed by atoms with van der Waals surface area (Å²) in [6, 6.07) is 2.27. The van der Waals surface area contributed by atoms with Crippen molar-refractivity contribution < 1.29 is 32.8 Å². The number of halogens is 2. The molecule has 1 aromatic rings. The summed E-state index contributed by atoms with van der Waals surface area (Å²) in [7, 11) is 0. The van der Waals surface area contributed by atoms with Gasteiger partial charge in [-0.05, 0) is 31.0 Å². The fourth-order valence-corrected chi connectivity index (χ4v) is 2.30. The highest BCUT2D eigenvalue weighted by Gasteiger charge is 2.41. The number of ether oxygens (including phenoxy) is 2. The number of hydrogen-bond acceptors (Lipinski definition) is 6. The number of nitro groups is 1. The number of carbonyl (C=O) groups is 2. The molecule has 0 aromatic heterocycles. The van der Waals surface area contributed by atoms with Crippen LogP contribution in [0.4, 0.5) is 8.78 Å². The van der Waals surface area contributed by atoms with E-state index in [1.165, 1.54) is 6.92 Å². The van der Waals surface area contributed by atoms with E-state index in [0.29, 0.717) is 12.5 Å². The Labute approximate surface area is 143 Å². The first-order valence-electron chi connectivity index (χ1n) is 7.71. The van der Waals surface area contributed by atoms with E-state index in [0.717, 1.165) is 12.1 Å². The van der Waals surface area contributed by atoms with Crippen LogP contribution in [0.2, 0.25) is 0 Å². The number of carbonyl (C=O) groups excluding carboxylic acids is 2. The molecule has 0 heterocycles. The van der Waals surface area contributed by atoms with Crippen molar-refractivity contribution in [3.63, 3.8) is 0 Å². The standard InChI is InChI=1S/C16H19F2NO6/c1-3-5-25-16(21)14(15(20)24-4-2)13(9-19(22)23)10-6-11(17)8-12(18)7-10/h6-8,13-14H,3-5,9H2,1-2H3. The van der Waals surface area contributed by atoms with Crippen molar-refractivity contribution in [2.75, 3.05) is 19.8 Å². The molecule has 1 rings (SSSR count). The van der Waals surface area contributed by atoms with Crippen molar-refractivity contribution >= 4 is 11.9 Å². The lowest BCUT2D eigenvalue weighted by atomic mass is 9.85. The van der Waals surface area contributed by atoms with E-state index in [9.17, 15) is 28.5 Å². The minimum Gasteiger partial charge on any atom is -0.465 e. The van der Waals surface area contributed by atoms with Gasteiger partial charge in [0.05, 0.1) is 19.1 Å². The highest BCUT2D eigenvalue weighted by Crippen LogP contribution is 2.29. The van der Waals surface area contributed by atoms with Crippen LogP contribution in [0.15, 0.2) is 18.2 Å². The minimum absolute atomic E-state index is 0.00255.